The number of aliphatic imine (C=N–C) groups is 1. The van der Waals surface area contributed by atoms with Crippen LogP contribution in [0.1, 0.15) is 71.9 Å². The number of amides is 2. The van der Waals surface area contributed by atoms with Crippen LogP contribution in [0.3, 0.4) is 0 Å². The minimum Gasteiger partial charge on any atom is -0.377 e. The molecule has 0 bridgehead atoms. The van der Waals surface area contributed by atoms with Crippen molar-refractivity contribution in [2.75, 3.05) is 57.6 Å². The first kappa shape index (κ1) is 90.7. The summed E-state index contributed by atoms with van der Waals surface area (Å²) in [6.45, 7) is 17.1. The van der Waals surface area contributed by atoms with Crippen molar-refractivity contribution in [1.29, 1.82) is 0 Å². The van der Waals surface area contributed by atoms with E-state index in [1.165, 1.54) is 64.9 Å². The zero-order valence-electron chi connectivity index (χ0n) is 66.9. The second kappa shape index (κ2) is 41.5. The number of halogens is 1. The van der Waals surface area contributed by atoms with Gasteiger partial charge in [0, 0.05) is 74.8 Å². The van der Waals surface area contributed by atoms with Crippen LogP contribution in [-0.2, 0) is 54.9 Å². The molecule has 0 spiro atoms. The summed E-state index contributed by atoms with van der Waals surface area (Å²) in [5, 5.41) is 48.5. The first-order valence-corrected chi connectivity index (χ1v) is 47.1. The van der Waals surface area contributed by atoms with Gasteiger partial charge in [0.2, 0.25) is 41.9 Å². The molecule has 14 N–H and O–H groups in total. The zero-order valence-corrected chi connectivity index (χ0v) is 72.5. The van der Waals surface area contributed by atoms with Gasteiger partial charge in [-0.3, -0.25) is 23.7 Å². The lowest BCUT2D eigenvalue weighted by molar-refractivity contribution is -0.121. The quantitative estimate of drug-likeness (QED) is 0.0187. The lowest BCUT2D eigenvalue weighted by Gasteiger charge is -2.26. The first-order chi connectivity index (χ1) is 57.2. The Morgan fingerprint density at radius 2 is 1.05 bits per heavy atom. The summed E-state index contributed by atoms with van der Waals surface area (Å²) in [7, 11) is -14.4. The number of carbonyl (C=O) groups is 2. The van der Waals surface area contributed by atoms with Crippen molar-refractivity contribution in [2.45, 2.75) is 103 Å². The van der Waals surface area contributed by atoms with Gasteiger partial charge in [-0.1, -0.05) is 139 Å². The van der Waals surface area contributed by atoms with Gasteiger partial charge in [0.1, 0.15) is 0 Å². The number of hydrogen-bond donors (Lipinski definition) is 10. The maximum Gasteiger partial charge on any atom is 0.238 e. The van der Waals surface area contributed by atoms with E-state index in [1.807, 2.05) is 141 Å². The van der Waals surface area contributed by atoms with Crippen LogP contribution in [0.4, 0.5) is 0 Å². The van der Waals surface area contributed by atoms with Gasteiger partial charge < -0.3 is 30.7 Å². The number of carbonyl (C=O) groups excluding carboxylic acids is 2. The van der Waals surface area contributed by atoms with Crippen LogP contribution in [-0.4, -0.2) is 156 Å². The summed E-state index contributed by atoms with van der Waals surface area (Å²) in [6, 6.07) is 66.5. The van der Waals surface area contributed by atoms with Gasteiger partial charge in [-0.15, -0.1) is 22.5 Å². The highest BCUT2D eigenvalue weighted by Gasteiger charge is 2.40. The predicted molar refractivity (Wildman–Crippen MR) is 479 cm³/mol. The van der Waals surface area contributed by atoms with Crippen molar-refractivity contribution >= 4 is 99.1 Å². The molecule has 0 unspecified atom stereocenters. The van der Waals surface area contributed by atoms with Crippen LogP contribution in [0.25, 0.3) is 56.4 Å². The zero-order chi connectivity index (χ0) is 85.9. The predicted octanol–water partition coefficient (Wildman–Crippen LogP) is 13.0. The van der Waals surface area contributed by atoms with Gasteiger partial charge in [0.15, 0.2) is 0 Å². The van der Waals surface area contributed by atoms with Crippen LogP contribution in [0.2, 0.25) is 5.02 Å². The second-order valence-electron chi connectivity index (χ2n) is 28.7. The molecule has 14 rings (SSSR count). The molecule has 2 fully saturated rings. The lowest BCUT2D eigenvalue weighted by atomic mass is 9.94. The Morgan fingerprint density at radius 1 is 0.558 bits per heavy atom. The number of unbranched alkanes of at least 4 members (excludes halogenated alkanes) is 1. The van der Waals surface area contributed by atoms with Crippen LogP contribution in [0, 0.1) is 27.7 Å². The Kier molecular flexibility index (Phi) is 31.4. The van der Waals surface area contributed by atoms with E-state index in [0.717, 1.165) is 115 Å². The SMILES string of the molecule is C=C1N[C@@H]2[C@@H](CS[C@@H]2CCCCC(=O)NCCOCCOCCNC(=O)CSCc2cc(-c3ccc(Cl)cc3)n(-c3ccc(S(N)(=O)=O)cc3)n2)N1.CC1=C(c2ccc(S(N)(=O)=O)cc2)C(c2ccccc2)=NC1.Cc1ccc(-c2cc(C)n(-c3ccc(S(N)(O)O)cc3)n2)cc1.Cc1ccc(-c2cc(C)nn2-c2ccc(S(N)(=O)=O)cc2)cc1. The Morgan fingerprint density at radius 3 is 1.60 bits per heavy atom. The van der Waals surface area contributed by atoms with E-state index >= 15 is 0 Å². The van der Waals surface area contributed by atoms with Crippen LogP contribution >= 0.6 is 45.9 Å². The number of rotatable bonds is 30. The number of aryl methyl sites for hydroxylation is 4. The average Bonchev–Trinajstić information content (AvgIpc) is 1.54. The Bertz CT molecular complexity index is 5780. The van der Waals surface area contributed by atoms with Crippen molar-refractivity contribution in [3.05, 3.63) is 281 Å². The molecule has 0 radical (unpaired) electrons. The third kappa shape index (κ3) is 25.5. The lowest BCUT2D eigenvalue weighted by Crippen LogP contribution is -2.36. The molecule has 120 heavy (non-hydrogen) atoms. The number of benzene rings is 8. The number of fused-ring (bicyclic) bond motifs is 1. The fourth-order valence-corrected chi connectivity index (χ4v) is 17.8. The minimum absolute atomic E-state index is 0.00959. The van der Waals surface area contributed by atoms with Gasteiger partial charge >= 0.3 is 0 Å². The van der Waals surface area contributed by atoms with Crippen molar-refractivity contribution < 1.29 is 53.4 Å². The smallest absolute Gasteiger partial charge is 0.238 e. The molecule has 0 aliphatic carbocycles. The number of hydrogen-bond acceptors (Lipinski definition) is 21. The second-order valence-corrected chi connectivity index (χ2v) is 37.7. The molecule has 2 saturated heterocycles. The molecule has 34 heteroatoms. The molecule has 3 atom stereocenters. The number of thioether (sulfide) groups is 2. The summed E-state index contributed by atoms with van der Waals surface area (Å²) < 4.78 is 104. The van der Waals surface area contributed by atoms with Gasteiger partial charge in [0.25, 0.3) is 0 Å². The molecule has 3 aliphatic heterocycles. The maximum absolute atomic E-state index is 12.4. The molecule has 2 amide bonds. The van der Waals surface area contributed by atoms with Crippen molar-refractivity contribution in [3.63, 3.8) is 0 Å². The largest absolute Gasteiger partial charge is 0.377 e. The maximum atomic E-state index is 12.4. The van der Waals surface area contributed by atoms with Crippen molar-refractivity contribution in [2.24, 2.45) is 25.5 Å². The van der Waals surface area contributed by atoms with E-state index in [4.69, 9.17) is 46.7 Å². The molecular weight excluding hydrogens is 1660 g/mol. The molecular formula is C86H98ClN15O12S6. The van der Waals surface area contributed by atoms with Gasteiger partial charge in [-0.25, -0.2) is 59.9 Å². The molecule has 3 aliphatic rings. The third-order valence-electron chi connectivity index (χ3n) is 19.4. The Hall–Kier alpha value is -10.1. The minimum atomic E-state index is -3.82. The summed E-state index contributed by atoms with van der Waals surface area (Å²) in [6.07, 6.45) is 3.52. The van der Waals surface area contributed by atoms with E-state index in [1.54, 1.807) is 82.2 Å². The molecule has 0 saturated carbocycles. The molecule has 6 heterocycles. The Balaban J connectivity index is 0.000000172. The van der Waals surface area contributed by atoms with E-state index in [0.29, 0.717) is 91.2 Å². The molecule has 3 aromatic heterocycles. The fourth-order valence-electron chi connectivity index (χ4n) is 13.3. The number of nitrogens with two attached hydrogens (primary N) is 4. The monoisotopic (exact) mass is 1760 g/mol. The number of allylic oxidation sites excluding steroid dienone is 1. The first-order valence-electron chi connectivity index (χ1n) is 38.3. The van der Waals surface area contributed by atoms with Crippen LogP contribution in [0.15, 0.2) is 261 Å². The standard InChI is InChI=1S/C35H46ClN7O6S3.C17H19N3O2S.C17H17N3O2S.C17H16N2O2S/c1-24-40-30-22-51-32(35(30)41-24)4-2-3-5-33(44)38-14-16-48-18-19-49-17-15-39-34(45)23-50-21-27-20-31(25-6-8-26(36)9-7-25)43(42-27)28-10-12-29(13-11-28)52(37,46)47;1-12-3-5-14(6-4-12)17-11-13(2)20(19-17)15-7-9-16(10-8-15)23(18,21)22;1-12-3-5-14(6-4-12)17-11-13(2)19-20(17)15-7-9-16(10-8-15)23(18,21)22;1-12-11-19-17(14-5-3-2-4-6-14)16(12)13-7-9-15(10-8-13)22(18,20)21/h6-13,20,30,32,35,40-41H,1-5,14-19,21-23H2,(H,38,44)(H,39,45)(H2,37,46,47);3-11,21-22H,18H2,1-2H3;3-11H,1-2H3,(H2,18,21,22);2-10H,11H2,1H3,(H2,18,20,21)/t30-,32-,35-;;;/m1.../s1. The fraction of sp³-hybridized carbons (Fsp3) is 0.256. The number of nitrogens with zero attached hydrogens (tertiary/aromatic N) is 7. The number of ether oxygens (including phenoxy) is 2. The van der Waals surface area contributed by atoms with Gasteiger partial charge in [-0.2, -0.15) is 27.1 Å². The van der Waals surface area contributed by atoms with E-state index in [-0.39, 0.29) is 32.3 Å². The number of sulfonamides is 3. The van der Waals surface area contributed by atoms with Crippen LogP contribution in [0.5, 0.6) is 0 Å². The molecule has 8 aromatic carbocycles. The van der Waals surface area contributed by atoms with Crippen LogP contribution < -0.4 is 41.8 Å². The van der Waals surface area contributed by atoms with E-state index < -0.39 is 40.8 Å². The van der Waals surface area contributed by atoms with Crippen molar-refractivity contribution in [1.82, 2.24) is 50.6 Å². The van der Waals surface area contributed by atoms with Gasteiger partial charge in [-0.05, 0) is 174 Å². The highest BCUT2D eigenvalue weighted by Crippen LogP contribution is 2.40. The molecule has 11 aromatic rings. The third-order valence-corrected chi connectivity index (χ3v) is 25.9. The summed E-state index contributed by atoms with van der Waals surface area (Å²) in [4.78, 5) is 29.7. The molecule has 27 nitrogen and oxygen atoms in total. The van der Waals surface area contributed by atoms with Crippen molar-refractivity contribution in [3.8, 4) is 50.8 Å². The molecule has 632 valence electrons. The summed E-state index contributed by atoms with van der Waals surface area (Å²) in [5.74, 6) is 2.69. The average molecular weight is 1760 g/mol. The van der Waals surface area contributed by atoms with E-state index in [2.05, 4.69) is 62.1 Å². The number of primary sulfonamides is 3. The highest BCUT2D eigenvalue weighted by molar-refractivity contribution is 8.22. The summed E-state index contributed by atoms with van der Waals surface area (Å²) in [5.41, 5.74) is 18.1. The van der Waals surface area contributed by atoms with Gasteiger partial charge in [0.05, 0.1) is 127 Å². The Labute approximate surface area is 715 Å². The highest BCUT2D eigenvalue weighted by atomic mass is 35.5. The number of aromatic nitrogens is 6. The number of nitrogens with one attached hydrogen (secondary N) is 4. The van der Waals surface area contributed by atoms with E-state index in [9.17, 15) is 43.9 Å². The normalized spacial score (nSPS) is 15.2. The topological polar surface area (TPSA) is 414 Å². The summed E-state index contributed by atoms with van der Waals surface area (Å²) >= 11 is 9.51.